The molecule has 3 heteroatoms. The normalized spacial score (nSPS) is 11.6. The Labute approximate surface area is 353 Å². The molecule has 3 nitrogen and oxygen atoms in total. The number of anilines is 3. The highest BCUT2D eigenvalue weighted by Gasteiger charge is 2.20. The molecule has 0 fully saturated rings. The van der Waals surface area contributed by atoms with E-state index in [1.54, 1.807) is 0 Å². The van der Waals surface area contributed by atoms with Crippen LogP contribution in [0.25, 0.3) is 93.6 Å². The molecule has 0 radical (unpaired) electrons. The standard InChI is InChI=1S/C58H38N2O/c1-3-12-39(13-4-1)40-22-24-41(25-23-40)42-26-32-47(33-27-42)59(53-19-11-21-56-57(53)52-18-9-10-20-55(52)61-56)48-34-28-43(29-35-48)45-31-36-50-51-37-30-44-14-7-8-17-49(44)58(51)60(54(50)38-45)46-15-5-2-6-16-46/h1-38H. The van der Waals surface area contributed by atoms with Crippen molar-refractivity contribution in [2.45, 2.75) is 0 Å². The number of aromatic nitrogens is 1. The molecule has 12 rings (SSSR count). The molecule has 0 saturated heterocycles. The first-order valence-electron chi connectivity index (χ1n) is 20.8. The highest BCUT2D eigenvalue weighted by Crippen LogP contribution is 2.44. The summed E-state index contributed by atoms with van der Waals surface area (Å²) in [5.41, 5.74) is 15.6. The quantitative estimate of drug-likeness (QED) is 0.161. The summed E-state index contributed by atoms with van der Waals surface area (Å²) in [6, 6.07) is 82.8. The zero-order valence-electron chi connectivity index (χ0n) is 33.2. The van der Waals surface area contributed by atoms with E-state index >= 15 is 0 Å². The van der Waals surface area contributed by atoms with E-state index in [2.05, 4.69) is 228 Å². The Kier molecular flexibility index (Phi) is 8.17. The van der Waals surface area contributed by atoms with Crippen LogP contribution < -0.4 is 4.90 Å². The summed E-state index contributed by atoms with van der Waals surface area (Å²) >= 11 is 0. The van der Waals surface area contributed by atoms with Crippen LogP contribution >= 0.6 is 0 Å². The summed E-state index contributed by atoms with van der Waals surface area (Å²) in [6.07, 6.45) is 0. The van der Waals surface area contributed by atoms with Crippen LogP contribution in [0.5, 0.6) is 0 Å². The molecule has 0 aliphatic heterocycles. The lowest BCUT2D eigenvalue weighted by Gasteiger charge is -2.26. The molecule has 0 unspecified atom stereocenters. The summed E-state index contributed by atoms with van der Waals surface area (Å²) in [5.74, 6) is 0. The Hall–Kier alpha value is -8.14. The molecule has 61 heavy (non-hydrogen) atoms. The van der Waals surface area contributed by atoms with Gasteiger partial charge in [-0.2, -0.15) is 0 Å². The van der Waals surface area contributed by atoms with Crippen molar-refractivity contribution in [3.8, 4) is 39.1 Å². The van der Waals surface area contributed by atoms with Gasteiger partial charge in [0, 0.05) is 38.6 Å². The SMILES string of the molecule is c1ccc(-c2ccc(-c3ccc(N(c4ccc(-c5ccc6c7ccc8ccccc8c7n(-c7ccccc7)c6c5)cc4)c4cccc5oc6ccccc6c45)cc3)cc2)cc1. The molecule has 0 amide bonds. The Morgan fingerprint density at radius 3 is 1.57 bits per heavy atom. The van der Waals surface area contributed by atoms with Crippen LogP contribution in [0, 0.1) is 0 Å². The van der Waals surface area contributed by atoms with Crippen molar-refractivity contribution in [1.82, 2.24) is 4.57 Å². The first kappa shape index (κ1) is 34.9. The second-order valence-corrected chi connectivity index (χ2v) is 15.7. The molecule has 0 bridgehead atoms. The Morgan fingerprint density at radius 2 is 0.869 bits per heavy atom. The fourth-order valence-electron chi connectivity index (χ4n) is 9.26. The lowest BCUT2D eigenvalue weighted by atomic mass is 9.99. The minimum absolute atomic E-state index is 0.866. The smallest absolute Gasteiger partial charge is 0.137 e. The number of furan rings is 1. The van der Waals surface area contributed by atoms with Crippen LogP contribution in [-0.2, 0) is 0 Å². The van der Waals surface area contributed by atoms with E-state index in [-0.39, 0.29) is 0 Å². The van der Waals surface area contributed by atoms with Gasteiger partial charge in [-0.3, -0.25) is 0 Å². The van der Waals surface area contributed by atoms with Crippen molar-refractivity contribution in [1.29, 1.82) is 0 Å². The number of para-hydroxylation sites is 2. The number of benzene rings is 10. The first-order chi connectivity index (χ1) is 30.2. The van der Waals surface area contributed by atoms with E-state index in [1.165, 1.54) is 60.4 Å². The predicted octanol–water partition coefficient (Wildman–Crippen LogP) is 16.3. The molecule has 0 aliphatic rings. The van der Waals surface area contributed by atoms with E-state index in [4.69, 9.17) is 4.42 Å². The van der Waals surface area contributed by atoms with Crippen LogP contribution in [0.15, 0.2) is 235 Å². The Balaban J connectivity index is 0.970. The summed E-state index contributed by atoms with van der Waals surface area (Å²) in [6.45, 7) is 0. The molecule has 0 saturated carbocycles. The molecular formula is C58H38N2O. The van der Waals surface area contributed by atoms with E-state index in [1.807, 2.05) is 12.1 Å². The topological polar surface area (TPSA) is 21.3 Å². The maximum atomic E-state index is 6.40. The van der Waals surface area contributed by atoms with Gasteiger partial charge in [0.25, 0.3) is 0 Å². The van der Waals surface area contributed by atoms with E-state index in [9.17, 15) is 0 Å². The highest BCUT2D eigenvalue weighted by molar-refractivity contribution is 6.19. The lowest BCUT2D eigenvalue weighted by Crippen LogP contribution is -2.10. The Bertz CT molecular complexity index is 3550. The molecule has 0 aliphatic carbocycles. The monoisotopic (exact) mass is 778 g/mol. The molecule has 2 aromatic heterocycles. The predicted molar refractivity (Wildman–Crippen MR) is 257 cm³/mol. The summed E-state index contributed by atoms with van der Waals surface area (Å²) in [4.78, 5) is 2.36. The average molecular weight is 779 g/mol. The molecule has 2 heterocycles. The van der Waals surface area contributed by atoms with E-state index in [0.717, 1.165) is 50.3 Å². The average Bonchev–Trinajstić information content (AvgIpc) is 3.89. The number of rotatable bonds is 7. The van der Waals surface area contributed by atoms with Gasteiger partial charge in [-0.1, -0.05) is 170 Å². The van der Waals surface area contributed by atoms with Gasteiger partial charge in [-0.15, -0.1) is 0 Å². The maximum absolute atomic E-state index is 6.40. The van der Waals surface area contributed by atoms with Crippen LogP contribution in [0.4, 0.5) is 17.1 Å². The molecule has 0 N–H and O–H groups in total. The van der Waals surface area contributed by atoms with Crippen LogP contribution in [0.3, 0.4) is 0 Å². The highest BCUT2D eigenvalue weighted by atomic mass is 16.3. The number of fused-ring (bicyclic) bond motifs is 8. The van der Waals surface area contributed by atoms with Gasteiger partial charge in [0.05, 0.1) is 22.1 Å². The van der Waals surface area contributed by atoms with Crippen molar-refractivity contribution < 1.29 is 4.42 Å². The van der Waals surface area contributed by atoms with Gasteiger partial charge >= 0.3 is 0 Å². The van der Waals surface area contributed by atoms with Crippen molar-refractivity contribution in [3.63, 3.8) is 0 Å². The lowest BCUT2D eigenvalue weighted by molar-refractivity contribution is 0.669. The van der Waals surface area contributed by atoms with Crippen LogP contribution in [0.2, 0.25) is 0 Å². The minimum atomic E-state index is 0.866. The summed E-state index contributed by atoms with van der Waals surface area (Å²) in [5, 5.41) is 7.18. The third kappa shape index (κ3) is 5.90. The van der Waals surface area contributed by atoms with E-state index < -0.39 is 0 Å². The third-order valence-corrected chi connectivity index (χ3v) is 12.2. The fraction of sp³-hybridized carbons (Fsp3) is 0. The van der Waals surface area contributed by atoms with Gasteiger partial charge in [-0.05, 0) is 99.4 Å². The van der Waals surface area contributed by atoms with Crippen molar-refractivity contribution in [2.75, 3.05) is 4.90 Å². The third-order valence-electron chi connectivity index (χ3n) is 12.2. The van der Waals surface area contributed by atoms with Crippen molar-refractivity contribution in [3.05, 3.63) is 231 Å². The van der Waals surface area contributed by atoms with Crippen molar-refractivity contribution >= 4 is 71.6 Å². The minimum Gasteiger partial charge on any atom is -0.456 e. The van der Waals surface area contributed by atoms with Crippen molar-refractivity contribution in [2.24, 2.45) is 0 Å². The van der Waals surface area contributed by atoms with Crippen LogP contribution in [-0.4, -0.2) is 4.57 Å². The molecule has 286 valence electrons. The zero-order chi connectivity index (χ0) is 40.3. The van der Waals surface area contributed by atoms with Gasteiger partial charge in [0.1, 0.15) is 11.2 Å². The zero-order valence-corrected chi connectivity index (χ0v) is 33.2. The number of hydrogen-bond acceptors (Lipinski definition) is 2. The molecule has 12 aromatic rings. The molecule has 0 spiro atoms. The van der Waals surface area contributed by atoms with E-state index in [0.29, 0.717) is 0 Å². The largest absolute Gasteiger partial charge is 0.456 e. The Morgan fingerprint density at radius 1 is 0.344 bits per heavy atom. The first-order valence-corrected chi connectivity index (χ1v) is 20.8. The summed E-state index contributed by atoms with van der Waals surface area (Å²) in [7, 11) is 0. The number of hydrogen-bond donors (Lipinski definition) is 0. The van der Waals surface area contributed by atoms with Gasteiger partial charge in [-0.25, -0.2) is 0 Å². The molecule has 10 aromatic carbocycles. The van der Waals surface area contributed by atoms with Gasteiger partial charge in [0.2, 0.25) is 0 Å². The van der Waals surface area contributed by atoms with Crippen LogP contribution in [0.1, 0.15) is 0 Å². The maximum Gasteiger partial charge on any atom is 0.137 e. The van der Waals surface area contributed by atoms with Gasteiger partial charge in [0.15, 0.2) is 0 Å². The second kappa shape index (κ2) is 14.3. The molecule has 0 atom stereocenters. The van der Waals surface area contributed by atoms with Gasteiger partial charge < -0.3 is 13.9 Å². The summed E-state index contributed by atoms with van der Waals surface area (Å²) < 4.78 is 8.84. The second-order valence-electron chi connectivity index (χ2n) is 15.7. The molecular weight excluding hydrogens is 741 g/mol. The fourth-order valence-corrected chi connectivity index (χ4v) is 9.26. The number of nitrogens with zero attached hydrogens (tertiary/aromatic N) is 2.